The predicted octanol–water partition coefficient (Wildman–Crippen LogP) is 3.43. The van der Waals surface area contributed by atoms with Crippen LogP contribution in [0.15, 0.2) is 50.5 Å². The van der Waals surface area contributed by atoms with Crippen molar-refractivity contribution < 1.29 is 28.3 Å². The van der Waals surface area contributed by atoms with Crippen molar-refractivity contribution in [3.05, 3.63) is 52.4 Å². The zero-order valence-corrected chi connectivity index (χ0v) is 21.5. The molecular weight excluding hydrogens is 506 g/mol. The van der Waals surface area contributed by atoms with Gasteiger partial charge in [-0.05, 0) is 44.4 Å². The minimum absolute atomic E-state index is 0.0302. The SMILES string of the molecule is CCOC(=O)C1=C(COC(=O)CSc2nnc(-c3cccs3)n2CC)NC(=O)NC1c1ccc(C)o1. The van der Waals surface area contributed by atoms with E-state index in [0.29, 0.717) is 23.2 Å². The lowest BCUT2D eigenvalue weighted by Gasteiger charge is -2.27. The largest absolute Gasteiger partial charge is 0.464 e. The van der Waals surface area contributed by atoms with Crippen molar-refractivity contribution in [1.82, 2.24) is 25.4 Å². The Labute approximate surface area is 215 Å². The second-order valence-corrected chi connectivity index (χ2v) is 9.46. The smallest absolute Gasteiger partial charge is 0.338 e. The summed E-state index contributed by atoms with van der Waals surface area (Å²) in [7, 11) is 0. The Balaban J connectivity index is 1.46. The van der Waals surface area contributed by atoms with Gasteiger partial charge >= 0.3 is 18.0 Å². The van der Waals surface area contributed by atoms with E-state index in [-0.39, 0.29) is 30.2 Å². The maximum absolute atomic E-state index is 12.8. The van der Waals surface area contributed by atoms with Gasteiger partial charge in [-0.15, -0.1) is 21.5 Å². The molecule has 0 saturated heterocycles. The molecule has 4 heterocycles. The van der Waals surface area contributed by atoms with E-state index in [2.05, 4.69) is 20.8 Å². The summed E-state index contributed by atoms with van der Waals surface area (Å²) < 4.78 is 18.1. The molecule has 3 aromatic rings. The van der Waals surface area contributed by atoms with Crippen LogP contribution in [0.4, 0.5) is 4.79 Å². The van der Waals surface area contributed by atoms with E-state index in [0.717, 1.165) is 10.7 Å². The number of thiophene rings is 1. The van der Waals surface area contributed by atoms with Crippen molar-refractivity contribution in [3.8, 4) is 10.7 Å². The van der Waals surface area contributed by atoms with Crippen LogP contribution in [-0.4, -0.2) is 51.7 Å². The number of ether oxygens (including phenoxy) is 2. The lowest BCUT2D eigenvalue weighted by atomic mass is 10.0. The van der Waals surface area contributed by atoms with Crippen molar-refractivity contribution in [2.45, 2.75) is 38.5 Å². The number of amides is 2. The number of rotatable bonds is 10. The number of aromatic nitrogens is 3. The Morgan fingerprint density at radius 3 is 2.72 bits per heavy atom. The summed E-state index contributed by atoms with van der Waals surface area (Å²) in [5.41, 5.74) is 0.240. The molecule has 11 nitrogen and oxygen atoms in total. The predicted molar refractivity (Wildman–Crippen MR) is 132 cm³/mol. The summed E-state index contributed by atoms with van der Waals surface area (Å²) in [6.45, 7) is 5.86. The molecule has 2 N–H and O–H groups in total. The van der Waals surface area contributed by atoms with E-state index in [1.54, 1.807) is 37.3 Å². The van der Waals surface area contributed by atoms with Gasteiger partial charge in [0.25, 0.3) is 0 Å². The molecule has 4 rings (SSSR count). The number of thioether (sulfide) groups is 1. The van der Waals surface area contributed by atoms with Crippen LogP contribution in [0.3, 0.4) is 0 Å². The second-order valence-electron chi connectivity index (χ2n) is 7.57. The minimum atomic E-state index is -0.881. The molecule has 0 aromatic carbocycles. The zero-order valence-electron chi connectivity index (χ0n) is 19.9. The summed E-state index contributed by atoms with van der Waals surface area (Å²) in [6, 6.07) is 5.85. The van der Waals surface area contributed by atoms with Crippen LogP contribution in [-0.2, 0) is 25.6 Å². The molecule has 1 aliphatic rings. The highest BCUT2D eigenvalue weighted by atomic mass is 32.2. The summed E-state index contributed by atoms with van der Waals surface area (Å²) >= 11 is 2.76. The minimum Gasteiger partial charge on any atom is -0.464 e. The molecule has 1 unspecified atom stereocenters. The Bertz CT molecular complexity index is 1280. The number of hydrogen-bond donors (Lipinski definition) is 2. The third kappa shape index (κ3) is 5.62. The fourth-order valence-corrected chi connectivity index (χ4v) is 5.11. The van der Waals surface area contributed by atoms with Gasteiger partial charge in [-0.3, -0.25) is 4.79 Å². The first kappa shape index (κ1) is 25.5. The molecule has 36 heavy (non-hydrogen) atoms. The van der Waals surface area contributed by atoms with Gasteiger partial charge < -0.3 is 29.1 Å². The quantitative estimate of drug-likeness (QED) is 0.298. The van der Waals surface area contributed by atoms with Gasteiger partial charge in [0.1, 0.15) is 24.2 Å². The van der Waals surface area contributed by atoms with Gasteiger partial charge in [-0.1, -0.05) is 17.8 Å². The number of urea groups is 1. The number of hydrogen-bond acceptors (Lipinski definition) is 10. The standard InChI is InChI=1S/C23H25N5O6S2/c1-4-28-20(16-7-6-10-35-16)26-27-23(28)36-12-17(29)33-11-14-18(21(30)32-5-2)19(25-22(31)24-14)15-9-8-13(3)34-15/h6-10,19H,4-5,11-12H2,1-3H3,(H2,24,25,31). The number of carbonyl (C=O) groups excluding carboxylic acids is 3. The fraction of sp³-hybridized carbons (Fsp3) is 0.348. The molecule has 3 aromatic heterocycles. The van der Waals surface area contributed by atoms with Crippen molar-refractivity contribution >= 4 is 41.1 Å². The van der Waals surface area contributed by atoms with E-state index >= 15 is 0 Å². The van der Waals surface area contributed by atoms with Gasteiger partial charge in [0.15, 0.2) is 11.0 Å². The van der Waals surface area contributed by atoms with Crippen LogP contribution in [0.5, 0.6) is 0 Å². The molecule has 0 fully saturated rings. The number of esters is 2. The summed E-state index contributed by atoms with van der Waals surface area (Å²) in [5.74, 6) is 0.499. The van der Waals surface area contributed by atoms with Gasteiger partial charge in [0.05, 0.1) is 28.5 Å². The third-order valence-electron chi connectivity index (χ3n) is 5.17. The van der Waals surface area contributed by atoms with Crippen molar-refractivity contribution in [3.63, 3.8) is 0 Å². The molecule has 1 atom stereocenters. The highest BCUT2D eigenvalue weighted by Crippen LogP contribution is 2.30. The Morgan fingerprint density at radius 2 is 2.06 bits per heavy atom. The monoisotopic (exact) mass is 531 g/mol. The van der Waals surface area contributed by atoms with E-state index < -0.39 is 24.0 Å². The fourth-order valence-electron chi connectivity index (χ4n) is 3.59. The molecule has 0 spiro atoms. The van der Waals surface area contributed by atoms with E-state index in [9.17, 15) is 14.4 Å². The van der Waals surface area contributed by atoms with Crippen molar-refractivity contribution in [1.29, 1.82) is 0 Å². The van der Waals surface area contributed by atoms with Gasteiger partial charge in [-0.25, -0.2) is 9.59 Å². The first-order chi connectivity index (χ1) is 17.4. The summed E-state index contributed by atoms with van der Waals surface area (Å²) in [4.78, 5) is 38.6. The maximum atomic E-state index is 12.8. The summed E-state index contributed by atoms with van der Waals surface area (Å²) in [6.07, 6.45) is 0. The second kappa shape index (κ2) is 11.4. The van der Waals surface area contributed by atoms with E-state index in [4.69, 9.17) is 13.9 Å². The van der Waals surface area contributed by atoms with Crippen LogP contribution in [0.1, 0.15) is 31.4 Å². The average Bonchev–Trinajstić information content (AvgIpc) is 3.61. The van der Waals surface area contributed by atoms with Crippen molar-refractivity contribution in [2.24, 2.45) is 0 Å². The number of carbonyl (C=O) groups is 3. The van der Waals surface area contributed by atoms with Gasteiger partial charge in [0.2, 0.25) is 0 Å². The van der Waals surface area contributed by atoms with Crippen LogP contribution >= 0.6 is 23.1 Å². The summed E-state index contributed by atoms with van der Waals surface area (Å²) in [5, 5.41) is 16.2. The lowest BCUT2D eigenvalue weighted by molar-refractivity contribution is -0.141. The number of nitrogens with one attached hydrogen (secondary N) is 2. The molecular formula is C23H25N5O6S2. The lowest BCUT2D eigenvalue weighted by Crippen LogP contribution is -2.47. The van der Waals surface area contributed by atoms with Crippen LogP contribution in [0.25, 0.3) is 10.7 Å². The molecule has 190 valence electrons. The normalized spacial score (nSPS) is 15.4. The molecule has 0 radical (unpaired) electrons. The van der Waals surface area contributed by atoms with Crippen molar-refractivity contribution in [2.75, 3.05) is 19.0 Å². The molecule has 1 aliphatic heterocycles. The average molecular weight is 532 g/mol. The maximum Gasteiger partial charge on any atom is 0.338 e. The highest BCUT2D eigenvalue weighted by molar-refractivity contribution is 7.99. The first-order valence-corrected chi connectivity index (χ1v) is 13.1. The topological polar surface area (TPSA) is 138 Å². The Kier molecular flexibility index (Phi) is 8.10. The molecule has 0 bridgehead atoms. The van der Waals surface area contributed by atoms with E-state index in [1.807, 2.05) is 29.0 Å². The number of nitrogens with zero attached hydrogens (tertiary/aromatic N) is 3. The Morgan fingerprint density at radius 1 is 1.22 bits per heavy atom. The van der Waals surface area contributed by atoms with Crippen LogP contribution in [0, 0.1) is 6.92 Å². The van der Waals surface area contributed by atoms with Gasteiger partial charge in [0, 0.05) is 6.54 Å². The molecule has 0 aliphatic carbocycles. The van der Waals surface area contributed by atoms with Crippen LogP contribution in [0.2, 0.25) is 0 Å². The van der Waals surface area contributed by atoms with E-state index in [1.165, 1.54) is 11.8 Å². The molecule has 0 saturated carbocycles. The van der Waals surface area contributed by atoms with Crippen LogP contribution < -0.4 is 10.6 Å². The van der Waals surface area contributed by atoms with Gasteiger partial charge in [-0.2, -0.15) is 0 Å². The molecule has 2 amide bonds. The Hall–Kier alpha value is -3.58. The first-order valence-electron chi connectivity index (χ1n) is 11.2. The third-order valence-corrected chi connectivity index (χ3v) is 6.97. The number of aryl methyl sites for hydroxylation is 1. The number of furan rings is 1. The highest BCUT2D eigenvalue weighted by Gasteiger charge is 2.36. The zero-order chi connectivity index (χ0) is 25.7. The molecule has 13 heteroatoms.